The number of phenols is 1. The smallest absolute Gasteiger partial charge is 0.232 e. The van der Waals surface area contributed by atoms with Gasteiger partial charge >= 0.3 is 0 Å². The molecule has 40 heavy (non-hydrogen) atoms. The number of phenolic OH excluding ortho intramolecular Hbond substituents is 1. The first-order chi connectivity index (χ1) is 19.4. The predicted octanol–water partition coefficient (Wildman–Crippen LogP) is 5.76. The first-order valence-corrected chi connectivity index (χ1v) is 13.6. The number of Topliss-reactive ketones (excluding diaryl/α,β-unsaturated/α-hetero) is 1. The van der Waals surface area contributed by atoms with E-state index >= 15 is 0 Å². The second-order valence-corrected chi connectivity index (χ2v) is 10.3. The molecule has 0 radical (unpaired) electrons. The lowest BCUT2D eigenvalue weighted by Crippen LogP contribution is -2.46. The lowest BCUT2D eigenvalue weighted by molar-refractivity contribution is 0.101. The average molecular weight is 542 g/mol. The summed E-state index contributed by atoms with van der Waals surface area (Å²) in [4.78, 5) is 18.0. The molecule has 3 aromatic carbocycles. The molecule has 8 heteroatoms. The van der Waals surface area contributed by atoms with Crippen molar-refractivity contribution >= 4 is 28.4 Å². The lowest BCUT2D eigenvalue weighted by atomic mass is 9.99. The molecule has 0 aliphatic carbocycles. The van der Waals surface area contributed by atoms with Crippen molar-refractivity contribution in [1.82, 2.24) is 9.47 Å². The van der Waals surface area contributed by atoms with E-state index in [4.69, 9.17) is 9.47 Å². The minimum absolute atomic E-state index is 0.124. The minimum Gasteiger partial charge on any atom is -0.507 e. The van der Waals surface area contributed by atoms with Crippen LogP contribution in [0.15, 0.2) is 60.5 Å². The Balaban J connectivity index is 1.27. The largest absolute Gasteiger partial charge is 0.507 e. The normalized spacial score (nSPS) is 16.6. The van der Waals surface area contributed by atoms with Gasteiger partial charge in [-0.15, -0.1) is 0 Å². The van der Waals surface area contributed by atoms with Gasteiger partial charge in [0.15, 0.2) is 5.76 Å². The number of allylic oxidation sites excluding steroid dienone is 1. The number of rotatable bonds is 6. The summed E-state index contributed by atoms with van der Waals surface area (Å²) in [5.74, 6) is 1.11. The molecule has 1 aromatic heterocycles. The third-order valence-corrected chi connectivity index (χ3v) is 7.91. The number of nitrogens with zero attached hydrogens (tertiary/aromatic N) is 3. The molecule has 0 spiro atoms. The van der Waals surface area contributed by atoms with Gasteiger partial charge in [-0.25, -0.2) is 4.39 Å². The van der Waals surface area contributed by atoms with Crippen LogP contribution in [0.3, 0.4) is 0 Å². The number of ketones is 1. The number of hydrogen-bond donors (Lipinski definition) is 1. The molecule has 0 atom stereocenters. The number of carbonyl (C=O) groups excluding carboxylic acids is 1. The summed E-state index contributed by atoms with van der Waals surface area (Å²) in [6, 6.07) is 14.1. The number of piperazine rings is 1. The quantitative estimate of drug-likeness (QED) is 0.313. The monoisotopic (exact) mass is 541 g/mol. The zero-order chi connectivity index (χ0) is 28.0. The zero-order valence-corrected chi connectivity index (χ0v) is 22.9. The second-order valence-electron chi connectivity index (χ2n) is 10.3. The highest BCUT2D eigenvalue weighted by Gasteiger charge is 2.34. The fraction of sp³-hybridized carbons (Fsp3) is 0.281. The van der Waals surface area contributed by atoms with Crippen molar-refractivity contribution in [3.8, 4) is 17.2 Å². The van der Waals surface area contributed by atoms with Gasteiger partial charge in [0.05, 0.1) is 18.2 Å². The number of aromatic hydroxyl groups is 1. The summed E-state index contributed by atoms with van der Waals surface area (Å²) in [6.07, 6.45) is 3.81. The number of halogens is 1. The molecule has 1 saturated heterocycles. The van der Waals surface area contributed by atoms with Crippen LogP contribution >= 0.6 is 0 Å². The van der Waals surface area contributed by atoms with Crippen LogP contribution in [0.2, 0.25) is 0 Å². The molecule has 7 nitrogen and oxygen atoms in total. The van der Waals surface area contributed by atoms with Gasteiger partial charge in [0.25, 0.3) is 0 Å². The van der Waals surface area contributed by atoms with Crippen molar-refractivity contribution < 1.29 is 23.8 Å². The van der Waals surface area contributed by atoms with Gasteiger partial charge in [-0.2, -0.15) is 0 Å². The Hall–Kier alpha value is -4.30. The van der Waals surface area contributed by atoms with Gasteiger partial charge in [-0.05, 0) is 74.0 Å². The van der Waals surface area contributed by atoms with Crippen molar-refractivity contribution in [3.63, 3.8) is 0 Å². The van der Waals surface area contributed by atoms with E-state index in [9.17, 15) is 14.3 Å². The van der Waals surface area contributed by atoms with E-state index in [1.165, 1.54) is 12.1 Å². The van der Waals surface area contributed by atoms with Gasteiger partial charge in [-0.3, -0.25) is 9.69 Å². The predicted molar refractivity (Wildman–Crippen MR) is 154 cm³/mol. The topological polar surface area (TPSA) is 67.2 Å². The molecule has 206 valence electrons. The number of carbonyl (C=O) groups is 1. The van der Waals surface area contributed by atoms with E-state index in [-0.39, 0.29) is 23.1 Å². The summed E-state index contributed by atoms with van der Waals surface area (Å²) in [5, 5.41) is 11.9. The number of ether oxygens (including phenoxy) is 2. The molecular formula is C32H32FN3O4. The standard InChI is InChI=1S/C32H32FN3O4/c1-4-35-18-21(25-17-24(39-3)9-10-27(25)35)16-29-31(38)30-20(2)15-28(37)26(32(30)40-29)19-34-11-13-36(14-12-34)23-7-5-22(33)6-8-23/h5-10,15-18,37H,4,11-14,19H2,1-3H3/b29-16+. The van der Waals surface area contributed by atoms with Crippen LogP contribution < -0.4 is 14.4 Å². The molecule has 0 unspecified atom stereocenters. The highest BCUT2D eigenvalue weighted by atomic mass is 19.1. The third-order valence-electron chi connectivity index (χ3n) is 7.91. The number of anilines is 1. The molecule has 6 rings (SSSR count). The molecule has 2 aliphatic rings. The number of fused-ring (bicyclic) bond motifs is 2. The van der Waals surface area contributed by atoms with Crippen LogP contribution in [-0.2, 0) is 13.1 Å². The summed E-state index contributed by atoms with van der Waals surface area (Å²) in [6.45, 7) is 8.20. The first kappa shape index (κ1) is 26.0. The van der Waals surface area contributed by atoms with E-state index in [1.807, 2.05) is 31.3 Å². The van der Waals surface area contributed by atoms with E-state index in [0.717, 1.165) is 60.6 Å². The van der Waals surface area contributed by atoms with Crippen LogP contribution in [0.25, 0.3) is 17.0 Å². The lowest BCUT2D eigenvalue weighted by Gasteiger charge is -2.36. The van der Waals surface area contributed by atoms with Crippen LogP contribution in [-0.4, -0.2) is 53.6 Å². The SMILES string of the molecule is CCn1cc(/C=C2/Oc3c(CN4CCN(c5ccc(F)cc5)CC4)c(O)cc(C)c3C2=O)c2cc(OC)ccc21. The van der Waals surface area contributed by atoms with Crippen molar-refractivity contribution in [3.05, 3.63) is 88.6 Å². The number of hydrogen-bond acceptors (Lipinski definition) is 6. The van der Waals surface area contributed by atoms with Crippen molar-refractivity contribution in [1.29, 1.82) is 0 Å². The molecule has 3 heterocycles. The molecular weight excluding hydrogens is 509 g/mol. The van der Waals surface area contributed by atoms with Crippen LogP contribution in [0.4, 0.5) is 10.1 Å². The Kier molecular flexibility index (Phi) is 6.72. The van der Waals surface area contributed by atoms with Crippen molar-refractivity contribution in [2.45, 2.75) is 26.9 Å². The fourth-order valence-corrected chi connectivity index (χ4v) is 5.72. The fourth-order valence-electron chi connectivity index (χ4n) is 5.72. The maximum absolute atomic E-state index is 13.6. The van der Waals surface area contributed by atoms with Crippen LogP contribution in [0.1, 0.15) is 34.0 Å². The van der Waals surface area contributed by atoms with Gasteiger partial charge in [0.1, 0.15) is 23.1 Å². The summed E-state index contributed by atoms with van der Waals surface area (Å²) >= 11 is 0. The zero-order valence-electron chi connectivity index (χ0n) is 22.9. The summed E-state index contributed by atoms with van der Waals surface area (Å²) in [5.41, 5.74) is 4.71. The Morgan fingerprint density at radius 2 is 1.82 bits per heavy atom. The van der Waals surface area contributed by atoms with E-state index < -0.39 is 0 Å². The first-order valence-electron chi connectivity index (χ1n) is 13.6. The molecule has 4 aromatic rings. The van der Waals surface area contributed by atoms with E-state index in [2.05, 4.69) is 21.3 Å². The van der Waals surface area contributed by atoms with Crippen LogP contribution in [0.5, 0.6) is 17.2 Å². The van der Waals surface area contributed by atoms with E-state index in [1.54, 1.807) is 31.4 Å². The molecule has 0 saturated carbocycles. The van der Waals surface area contributed by atoms with Gasteiger partial charge in [0.2, 0.25) is 5.78 Å². The highest BCUT2D eigenvalue weighted by Crippen LogP contribution is 2.43. The molecule has 2 aliphatic heterocycles. The Morgan fingerprint density at radius 1 is 1.07 bits per heavy atom. The van der Waals surface area contributed by atoms with Gasteiger partial charge in [-0.1, -0.05) is 0 Å². The number of methoxy groups -OCH3 is 1. The van der Waals surface area contributed by atoms with Crippen molar-refractivity contribution in [2.75, 3.05) is 38.2 Å². The molecule has 1 N–H and O–H groups in total. The third kappa shape index (κ3) is 4.58. The maximum atomic E-state index is 13.6. The van der Waals surface area contributed by atoms with Gasteiger partial charge in [0, 0.05) is 67.6 Å². The maximum Gasteiger partial charge on any atom is 0.232 e. The Morgan fingerprint density at radius 3 is 2.52 bits per heavy atom. The Bertz CT molecular complexity index is 1630. The molecule has 1 fully saturated rings. The number of aromatic nitrogens is 1. The average Bonchev–Trinajstić information content (AvgIpc) is 3.48. The molecule has 0 bridgehead atoms. The number of aryl methyl sites for hydroxylation is 2. The number of benzene rings is 3. The van der Waals surface area contributed by atoms with Gasteiger partial charge < -0.3 is 24.0 Å². The minimum atomic E-state index is -0.245. The second kappa shape index (κ2) is 10.4. The highest BCUT2D eigenvalue weighted by molar-refractivity contribution is 6.16. The van der Waals surface area contributed by atoms with Crippen LogP contribution in [0, 0.1) is 12.7 Å². The van der Waals surface area contributed by atoms with Crippen molar-refractivity contribution in [2.24, 2.45) is 0 Å². The van der Waals surface area contributed by atoms with E-state index in [0.29, 0.717) is 29.0 Å². The summed E-state index contributed by atoms with van der Waals surface area (Å²) in [7, 11) is 1.63. The molecule has 0 amide bonds. The summed E-state index contributed by atoms with van der Waals surface area (Å²) < 4.78 is 27.1. The Labute approximate surface area is 232 Å².